The summed E-state index contributed by atoms with van der Waals surface area (Å²) in [5.41, 5.74) is 0. The highest BCUT2D eigenvalue weighted by Crippen LogP contribution is 2.41. The van der Waals surface area contributed by atoms with Crippen molar-refractivity contribution in [2.75, 3.05) is 26.8 Å². The number of nitrogens with zero attached hydrogens (tertiary/aromatic N) is 4. The van der Waals surface area contributed by atoms with Gasteiger partial charge in [0.1, 0.15) is 24.2 Å². The molecule has 1 aromatic carbocycles. The maximum atomic E-state index is 12.6. The molecule has 27 heavy (non-hydrogen) atoms. The summed E-state index contributed by atoms with van der Waals surface area (Å²) in [6, 6.07) is 7.15. The average molecular weight is 372 g/mol. The number of hydrogen-bond acceptors (Lipinski definition) is 6. The lowest BCUT2D eigenvalue weighted by Gasteiger charge is -2.34. The van der Waals surface area contributed by atoms with Crippen LogP contribution in [0.5, 0.6) is 11.5 Å². The Labute approximate surface area is 157 Å². The Hall–Kier alpha value is -2.61. The van der Waals surface area contributed by atoms with Gasteiger partial charge in [0.15, 0.2) is 6.61 Å². The van der Waals surface area contributed by atoms with E-state index >= 15 is 0 Å². The van der Waals surface area contributed by atoms with Gasteiger partial charge in [0.25, 0.3) is 5.91 Å². The van der Waals surface area contributed by atoms with Gasteiger partial charge in [-0.1, -0.05) is 6.07 Å². The lowest BCUT2D eigenvalue weighted by molar-refractivity contribution is -0.132. The van der Waals surface area contributed by atoms with Crippen molar-refractivity contribution in [1.82, 2.24) is 19.7 Å². The summed E-state index contributed by atoms with van der Waals surface area (Å²) in [4.78, 5) is 18.4. The van der Waals surface area contributed by atoms with Crippen molar-refractivity contribution in [3.8, 4) is 11.5 Å². The Balaban J connectivity index is 1.34. The van der Waals surface area contributed by atoms with Gasteiger partial charge in [-0.3, -0.25) is 4.79 Å². The van der Waals surface area contributed by atoms with Crippen molar-refractivity contribution >= 4 is 5.91 Å². The number of fused-ring (bicyclic) bond motifs is 1. The highest BCUT2D eigenvalue weighted by atomic mass is 16.5. The lowest BCUT2D eigenvalue weighted by Crippen LogP contribution is -2.36. The van der Waals surface area contributed by atoms with Gasteiger partial charge in [0, 0.05) is 19.2 Å². The fourth-order valence-electron chi connectivity index (χ4n) is 4.21. The monoisotopic (exact) mass is 372 g/mol. The second kappa shape index (κ2) is 7.56. The van der Waals surface area contributed by atoms with E-state index < -0.39 is 6.10 Å². The molecule has 144 valence electrons. The normalized spacial score (nSPS) is 27.3. The van der Waals surface area contributed by atoms with E-state index in [0.29, 0.717) is 42.8 Å². The molecular weight excluding hydrogens is 348 g/mol. The predicted octanol–water partition coefficient (Wildman–Crippen LogP) is 1.14. The molecule has 2 aromatic rings. The van der Waals surface area contributed by atoms with Crippen LogP contribution in [0.4, 0.5) is 0 Å². The van der Waals surface area contributed by atoms with Crippen LogP contribution in [0, 0.1) is 11.8 Å². The quantitative estimate of drug-likeness (QED) is 0.846. The number of aromatic nitrogens is 3. The summed E-state index contributed by atoms with van der Waals surface area (Å²) in [5.74, 6) is 1.96. The van der Waals surface area contributed by atoms with Crippen LogP contribution in [0.2, 0.25) is 0 Å². The Morgan fingerprint density at radius 2 is 2.04 bits per heavy atom. The van der Waals surface area contributed by atoms with Gasteiger partial charge in [0.05, 0.1) is 19.3 Å². The number of rotatable bonds is 5. The van der Waals surface area contributed by atoms with Gasteiger partial charge >= 0.3 is 0 Å². The highest BCUT2D eigenvalue weighted by molar-refractivity contribution is 5.78. The van der Waals surface area contributed by atoms with Crippen LogP contribution in [0.15, 0.2) is 36.9 Å². The van der Waals surface area contributed by atoms with Crippen molar-refractivity contribution in [1.29, 1.82) is 0 Å². The predicted molar refractivity (Wildman–Crippen MR) is 96.3 cm³/mol. The van der Waals surface area contributed by atoms with Gasteiger partial charge in [-0.2, -0.15) is 5.10 Å². The van der Waals surface area contributed by atoms with Crippen molar-refractivity contribution in [2.24, 2.45) is 11.8 Å². The second-order valence-corrected chi connectivity index (χ2v) is 7.27. The number of carbonyl (C=O) groups is 1. The first-order chi connectivity index (χ1) is 13.1. The SMILES string of the molecule is COc1cccc(OCC(=O)N2C[C@H]3C[C@@H](n4cncn4)[C@H](O)C[C@H]3C2)c1. The van der Waals surface area contributed by atoms with Gasteiger partial charge in [-0.05, 0) is 36.8 Å². The molecular formula is C19H24N4O4. The summed E-state index contributed by atoms with van der Waals surface area (Å²) in [6.07, 6.45) is 4.15. The number of aliphatic hydroxyl groups excluding tert-OH is 1. The molecule has 0 unspecified atom stereocenters. The number of benzene rings is 1. The number of hydrogen-bond donors (Lipinski definition) is 1. The van der Waals surface area contributed by atoms with Crippen molar-refractivity contribution < 1.29 is 19.4 Å². The third-order valence-corrected chi connectivity index (χ3v) is 5.64. The summed E-state index contributed by atoms with van der Waals surface area (Å²) in [5, 5.41) is 14.7. The van der Waals surface area contributed by atoms with Crippen LogP contribution in [-0.2, 0) is 4.79 Å². The largest absolute Gasteiger partial charge is 0.497 e. The summed E-state index contributed by atoms with van der Waals surface area (Å²) in [7, 11) is 1.59. The second-order valence-electron chi connectivity index (χ2n) is 7.27. The van der Waals surface area contributed by atoms with E-state index in [-0.39, 0.29) is 18.6 Å². The number of likely N-dealkylation sites (tertiary alicyclic amines) is 1. The number of carbonyl (C=O) groups excluding carboxylic acids is 1. The van der Waals surface area contributed by atoms with Gasteiger partial charge in [-0.15, -0.1) is 0 Å². The Morgan fingerprint density at radius 3 is 2.78 bits per heavy atom. The Morgan fingerprint density at radius 1 is 1.26 bits per heavy atom. The minimum absolute atomic E-state index is 0.00165. The van der Waals surface area contributed by atoms with Crippen LogP contribution in [-0.4, -0.2) is 63.6 Å². The van der Waals surface area contributed by atoms with E-state index in [0.717, 1.165) is 6.42 Å². The summed E-state index contributed by atoms with van der Waals surface area (Å²) in [6.45, 7) is 1.37. The number of methoxy groups -OCH3 is 1. The first-order valence-electron chi connectivity index (χ1n) is 9.21. The van der Waals surface area contributed by atoms with E-state index in [4.69, 9.17) is 9.47 Å². The molecule has 1 amide bonds. The van der Waals surface area contributed by atoms with Gasteiger partial charge in [-0.25, -0.2) is 9.67 Å². The molecule has 0 bridgehead atoms. The fourth-order valence-corrected chi connectivity index (χ4v) is 4.21. The van der Waals surface area contributed by atoms with E-state index in [1.165, 1.54) is 6.33 Å². The molecule has 1 aliphatic carbocycles. The van der Waals surface area contributed by atoms with Crippen LogP contribution in [0.25, 0.3) is 0 Å². The van der Waals surface area contributed by atoms with Crippen LogP contribution in [0.1, 0.15) is 18.9 Å². The number of aliphatic hydroxyl groups is 1. The van der Waals surface area contributed by atoms with Crippen LogP contribution >= 0.6 is 0 Å². The zero-order valence-corrected chi connectivity index (χ0v) is 15.3. The average Bonchev–Trinajstić information content (AvgIpc) is 3.35. The van der Waals surface area contributed by atoms with E-state index in [2.05, 4.69) is 10.1 Å². The maximum absolute atomic E-state index is 12.6. The lowest BCUT2D eigenvalue weighted by atomic mass is 9.77. The number of ether oxygens (including phenoxy) is 2. The molecule has 4 atom stereocenters. The Bertz CT molecular complexity index is 782. The van der Waals surface area contributed by atoms with E-state index in [1.54, 1.807) is 30.3 Å². The smallest absolute Gasteiger partial charge is 0.260 e. The van der Waals surface area contributed by atoms with Gasteiger partial charge in [0.2, 0.25) is 0 Å². The standard InChI is InChI=1S/C19H24N4O4/c1-26-15-3-2-4-16(7-15)27-10-19(25)22-8-13-5-17(23-12-20-11-21-23)18(24)6-14(13)9-22/h2-4,7,11-14,17-18,24H,5-6,8-10H2,1H3/t13-,14+,17-,18-/m1/s1. The van der Waals surface area contributed by atoms with Crippen molar-refractivity contribution in [3.63, 3.8) is 0 Å². The third-order valence-electron chi connectivity index (χ3n) is 5.64. The molecule has 8 heteroatoms. The molecule has 2 aliphatic rings. The Kier molecular flexibility index (Phi) is 4.98. The molecule has 1 aliphatic heterocycles. The van der Waals surface area contributed by atoms with E-state index in [1.807, 2.05) is 17.0 Å². The van der Waals surface area contributed by atoms with Gasteiger partial charge < -0.3 is 19.5 Å². The van der Waals surface area contributed by atoms with Crippen molar-refractivity contribution in [2.45, 2.75) is 25.0 Å². The molecule has 1 saturated heterocycles. The van der Waals surface area contributed by atoms with Crippen LogP contribution < -0.4 is 9.47 Å². The molecule has 0 spiro atoms. The van der Waals surface area contributed by atoms with E-state index in [9.17, 15) is 9.90 Å². The van der Waals surface area contributed by atoms with Crippen LogP contribution in [0.3, 0.4) is 0 Å². The molecule has 4 rings (SSSR count). The third kappa shape index (κ3) is 3.75. The molecule has 1 saturated carbocycles. The molecule has 1 aromatic heterocycles. The zero-order chi connectivity index (χ0) is 18.8. The minimum atomic E-state index is -0.462. The summed E-state index contributed by atoms with van der Waals surface area (Å²) < 4.78 is 12.5. The first kappa shape index (κ1) is 17.8. The fraction of sp³-hybridized carbons (Fsp3) is 0.526. The van der Waals surface area contributed by atoms with Crippen molar-refractivity contribution in [3.05, 3.63) is 36.9 Å². The minimum Gasteiger partial charge on any atom is -0.497 e. The molecule has 8 nitrogen and oxygen atoms in total. The molecule has 2 heterocycles. The zero-order valence-electron chi connectivity index (χ0n) is 15.3. The number of amides is 1. The highest BCUT2D eigenvalue weighted by Gasteiger charge is 2.43. The molecule has 0 radical (unpaired) electrons. The topological polar surface area (TPSA) is 89.7 Å². The molecule has 1 N–H and O–H groups in total. The summed E-state index contributed by atoms with van der Waals surface area (Å²) >= 11 is 0. The molecule has 2 fully saturated rings. The first-order valence-corrected chi connectivity index (χ1v) is 9.21. The maximum Gasteiger partial charge on any atom is 0.260 e.